The van der Waals surface area contributed by atoms with Crippen molar-refractivity contribution in [3.8, 4) is 11.5 Å². The second-order valence-electron chi connectivity index (χ2n) is 4.75. The lowest BCUT2D eigenvalue weighted by molar-refractivity contribution is -0.131. The molecule has 1 fully saturated rings. The van der Waals surface area contributed by atoms with Crippen molar-refractivity contribution in [3.63, 3.8) is 0 Å². The molecular weight excluding hydrogens is 340 g/mol. The van der Waals surface area contributed by atoms with Gasteiger partial charge in [-0.1, -0.05) is 0 Å². The van der Waals surface area contributed by atoms with Gasteiger partial charge in [0.05, 0.1) is 24.8 Å². The third-order valence-electron chi connectivity index (χ3n) is 3.16. The fourth-order valence-corrected chi connectivity index (χ4v) is 2.63. The van der Waals surface area contributed by atoms with Crippen LogP contribution in [0.5, 0.6) is 11.5 Å². The number of ether oxygens (including phenoxy) is 3. The molecule has 1 saturated heterocycles. The molecule has 0 radical (unpaired) electrons. The standard InChI is InChI=1S/C15H17BrO5/c1-19-13-7-10(2-3-14(17)18)6-12(16)15(13)21-9-11-4-5-20-8-11/h2-3,6-7,11H,4-5,8-9H2,1H3,(H,17,18). The van der Waals surface area contributed by atoms with E-state index in [4.69, 9.17) is 19.3 Å². The molecule has 5 nitrogen and oxygen atoms in total. The van der Waals surface area contributed by atoms with E-state index in [0.717, 1.165) is 35.7 Å². The number of hydrogen-bond acceptors (Lipinski definition) is 4. The van der Waals surface area contributed by atoms with Crippen LogP contribution in [-0.2, 0) is 9.53 Å². The molecule has 1 unspecified atom stereocenters. The fourth-order valence-electron chi connectivity index (χ4n) is 2.06. The monoisotopic (exact) mass is 356 g/mol. The molecule has 0 spiro atoms. The van der Waals surface area contributed by atoms with Crippen LogP contribution < -0.4 is 9.47 Å². The highest BCUT2D eigenvalue weighted by Gasteiger charge is 2.18. The van der Waals surface area contributed by atoms with Gasteiger partial charge in [-0.15, -0.1) is 0 Å². The summed E-state index contributed by atoms with van der Waals surface area (Å²) in [6.07, 6.45) is 3.58. The molecule has 1 aliphatic heterocycles. The maximum atomic E-state index is 10.6. The van der Waals surface area contributed by atoms with Gasteiger partial charge in [0, 0.05) is 18.6 Å². The van der Waals surface area contributed by atoms with E-state index in [1.807, 2.05) is 0 Å². The molecule has 1 atom stereocenters. The molecule has 0 aromatic heterocycles. The van der Waals surface area contributed by atoms with Gasteiger partial charge in [0.15, 0.2) is 11.5 Å². The normalized spacial score (nSPS) is 18.1. The van der Waals surface area contributed by atoms with E-state index >= 15 is 0 Å². The Labute approximate surface area is 131 Å². The van der Waals surface area contributed by atoms with E-state index in [9.17, 15) is 4.79 Å². The largest absolute Gasteiger partial charge is 0.493 e. The molecule has 21 heavy (non-hydrogen) atoms. The molecule has 6 heteroatoms. The van der Waals surface area contributed by atoms with Crippen molar-refractivity contribution in [1.29, 1.82) is 0 Å². The van der Waals surface area contributed by atoms with Gasteiger partial charge in [-0.3, -0.25) is 0 Å². The molecule has 0 saturated carbocycles. The number of carboxylic acids is 1. The summed E-state index contributed by atoms with van der Waals surface area (Å²) in [5, 5.41) is 8.66. The molecule has 0 bridgehead atoms. The van der Waals surface area contributed by atoms with Gasteiger partial charge < -0.3 is 19.3 Å². The van der Waals surface area contributed by atoms with Crippen molar-refractivity contribution in [2.45, 2.75) is 6.42 Å². The summed E-state index contributed by atoms with van der Waals surface area (Å²) in [5.74, 6) is 0.588. The predicted molar refractivity (Wildman–Crippen MR) is 81.8 cm³/mol. The Morgan fingerprint density at radius 2 is 2.38 bits per heavy atom. The minimum atomic E-state index is -0.994. The number of aliphatic carboxylic acids is 1. The van der Waals surface area contributed by atoms with E-state index in [0.29, 0.717) is 24.0 Å². The molecule has 1 N–H and O–H groups in total. The molecule has 2 rings (SSSR count). The lowest BCUT2D eigenvalue weighted by atomic mass is 10.1. The van der Waals surface area contributed by atoms with Crippen LogP contribution in [-0.4, -0.2) is 38.0 Å². The third-order valence-corrected chi connectivity index (χ3v) is 3.75. The first-order valence-corrected chi connectivity index (χ1v) is 7.38. The molecule has 1 heterocycles. The van der Waals surface area contributed by atoms with Crippen molar-refractivity contribution in [2.24, 2.45) is 5.92 Å². The maximum absolute atomic E-state index is 10.6. The summed E-state index contributed by atoms with van der Waals surface area (Å²) in [4.78, 5) is 10.6. The molecule has 114 valence electrons. The second kappa shape index (κ2) is 7.47. The zero-order chi connectivity index (χ0) is 15.2. The Morgan fingerprint density at radius 1 is 1.57 bits per heavy atom. The van der Waals surface area contributed by atoms with Crippen LogP contribution in [0, 0.1) is 5.92 Å². The highest BCUT2D eigenvalue weighted by Crippen LogP contribution is 2.37. The van der Waals surface area contributed by atoms with Crippen LogP contribution in [0.3, 0.4) is 0 Å². The van der Waals surface area contributed by atoms with Crippen LogP contribution in [0.1, 0.15) is 12.0 Å². The highest BCUT2D eigenvalue weighted by molar-refractivity contribution is 9.10. The number of halogens is 1. The topological polar surface area (TPSA) is 65.0 Å². The minimum absolute atomic E-state index is 0.396. The summed E-state index contributed by atoms with van der Waals surface area (Å²) in [6.45, 7) is 2.07. The number of carbonyl (C=O) groups is 1. The van der Waals surface area contributed by atoms with E-state index < -0.39 is 5.97 Å². The maximum Gasteiger partial charge on any atom is 0.328 e. The van der Waals surface area contributed by atoms with Crippen molar-refractivity contribution >= 4 is 28.0 Å². The number of benzene rings is 1. The molecule has 1 aromatic rings. The Bertz CT molecular complexity index is 535. The molecule has 1 aliphatic rings. The van der Waals surface area contributed by atoms with Crippen LogP contribution in [0.15, 0.2) is 22.7 Å². The number of rotatable bonds is 6. The van der Waals surface area contributed by atoms with Crippen LogP contribution in [0.4, 0.5) is 0 Å². The second-order valence-corrected chi connectivity index (χ2v) is 5.60. The summed E-state index contributed by atoms with van der Waals surface area (Å²) in [7, 11) is 1.55. The first-order valence-electron chi connectivity index (χ1n) is 6.59. The van der Waals surface area contributed by atoms with Crippen molar-refractivity contribution in [1.82, 2.24) is 0 Å². The fraction of sp³-hybridized carbons (Fsp3) is 0.400. The summed E-state index contributed by atoms with van der Waals surface area (Å²) >= 11 is 3.44. The third kappa shape index (κ3) is 4.47. The minimum Gasteiger partial charge on any atom is -0.493 e. The quantitative estimate of drug-likeness (QED) is 0.793. The van der Waals surface area contributed by atoms with E-state index in [-0.39, 0.29) is 0 Å². The van der Waals surface area contributed by atoms with Crippen LogP contribution >= 0.6 is 15.9 Å². The van der Waals surface area contributed by atoms with E-state index in [2.05, 4.69) is 15.9 Å². The smallest absolute Gasteiger partial charge is 0.328 e. The van der Waals surface area contributed by atoms with Gasteiger partial charge in [0.1, 0.15) is 0 Å². The number of carboxylic acid groups (broad SMARTS) is 1. The zero-order valence-electron chi connectivity index (χ0n) is 11.7. The van der Waals surface area contributed by atoms with E-state index in [1.165, 1.54) is 6.08 Å². The van der Waals surface area contributed by atoms with Gasteiger partial charge >= 0.3 is 5.97 Å². The number of methoxy groups -OCH3 is 1. The lowest BCUT2D eigenvalue weighted by Crippen LogP contribution is -2.12. The molecule has 1 aromatic carbocycles. The van der Waals surface area contributed by atoms with Gasteiger partial charge in [-0.25, -0.2) is 4.79 Å². The lowest BCUT2D eigenvalue weighted by Gasteiger charge is -2.15. The molecular formula is C15H17BrO5. The molecule has 0 amide bonds. The summed E-state index contributed by atoms with van der Waals surface area (Å²) < 4.78 is 17.2. The SMILES string of the molecule is COc1cc(C=CC(=O)O)cc(Br)c1OCC1CCOC1. The zero-order valence-corrected chi connectivity index (χ0v) is 13.3. The Balaban J connectivity index is 2.14. The van der Waals surface area contributed by atoms with Crippen LogP contribution in [0.25, 0.3) is 6.08 Å². The number of hydrogen-bond donors (Lipinski definition) is 1. The molecule has 0 aliphatic carbocycles. The Hall–Kier alpha value is -1.53. The van der Waals surface area contributed by atoms with Gasteiger partial charge in [0.25, 0.3) is 0 Å². The van der Waals surface area contributed by atoms with Gasteiger partial charge in [0.2, 0.25) is 0 Å². The summed E-state index contributed by atoms with van der Waals surface area (Å²) in [5.41, 5.74) is 0.720. The Morgan fingerprint density at radius 3 is 3.00 bits per heavy atom. The van der Waals surface area contributed by atoms with Gasteiger partial charge in [-0.2, -0.15) is 0 Å². The van der Waals surface area contributed by atoms with E-state index in [1.54, 1.807) is 19.2 Å². The van der Waals surface area contributed by atoms with Crippen molar-refractivity contribution in [3.05, 3.63) is 28.2 Å². The average molecular weight is 357 g/mol. The Kier molecular flexibility index (Phi) is 5.64. The first-order chi connectivity index (χ1) is 10.1. The first kappa shape index (κ1) is 15.9. The van der Waals surface area contributed by atoms with Crippen molar-refractivity contribution < 1.29 is 24.1 Å². The van der Waals surface area contributed by atoms with Gasteiger partial charge in [-0.05, 0) is 46.1 Å². The highest BCUT2D eigenvalue weighted by atomic mass is 79.9. The van der Waals surface area contributed by atoms with Crippen molar-refractivity contribution in [2.75, 3.05) is 26.9 Å². The summed E-state index contributed by atoms with van der Waals surface area (Å²) in [6, 6.07) is 3.53. The van der Waals surface area contributed by atoms with Crippen LogP contribution in [0.2, 0.25) is 0 Å². The average Bonchev–Trinajstić information content (AvgIpc) is 2.96. The predicted octanol–water partition coefficient (Wildman–Crippen LogP) is 2.97.